The molecule has 164 valence electrons. The molecule has 0 aliphatic heterocycles. The van der Waals surface area contributed by atoms with Gasteiger partial charge in [0, 0.05) is 35.8 Å². The first kappa shape index (κ1) is 22.7. The van der Waals surface area contributed by atoms with E-state index in [-0.39, 0.29) is 16.2 Å². The van der Waals surface area contributed by atoms with E-state index in [1.54, 1.807) is 20.0 Å². The fourth-order valence-electron chi connectivity index (χ4n) is 3.53. The van der Waals surface area contributed by atoms with E-state index in [1.807, 2.05) is 25.1 Å². The summed E-state index contributed by atoms with van der Waals surface area (Å²) in [7, 11) is -3.70. The first-order valence-corrected chi connectivity index (χ1v) is 11.7. The monoisotopic (exact) mass is 442 g/mol. The SMILES string of the molecule is CCc1cccc2c(C(=O)COC(=O)c3cccc(S(=O)(=O)N(CC)CC)c3)c[nH]c12. The number of H-pyrrole nitrogens is 1. The van der Waals surface area contributed by atoms with Crippen molar-refractivity contribution in [3.8, 4) is 0 Å². The number of nitrogens with zero attached hydrogens (tertiary/aromatic N) is 1. The van der Waals surface area contributed by atoms with Gasteiger partial charge < -0.3 is 9.72 Å². The van der Waals surface area contributed by atoms with Crippen LogP contribution in [0.25, 0.3) is 10.9 Å². The number of Topliss-reactive ketones (excluding diaryl/α,β-unsaturated/α-hetero) is 1. The number of carbonyl (C=O) groups excluding carboxylic acids is 2. The number of hydrogen-bond donors (Lipinski definition) is 1. The Morgan fingerprint density at radius 2 is 1.74 bits per heavy atom. The number of hydrogen-bond acceptors (Lipinski definition) is 5. The van der Waals surface area contributed by atoms with Gasteiger partial charge in [0.05, 0.1) is 10.5 Å². The van der Waals surface area contributed by atoms with E-state index in [0.29, 0.717) is 18.7 Å². The average Bonchev–Trinajstić information content (AvgIpc) is 3.22. The minimum Gasteiger partial charge on any atom is -0.454 e. The minimum atomic E-state index is -3.70. The van der Waals surface area contributed by atoms with Gasteiger partial charge in [0.1, 0.15) is 0 Å². The summed E-state index contributed by atoms with van der Waals surface area (Å²) in [5.74, 6) is -1.08. The normalized spacial score (nSPS) is 11.7. The number of carbonyl (C=O) groups is 2. The highest BCUT2D eigenvalue weighted by atomic mass is 32.2. The number of aryl methyl sites for hydroxylation is 1. The summed E-state index contributed by atoms with van der Waals surface area (Å²) in [6.07, 6.45) is 2.45. The number of esters is 1. The first-order chi connectivity index (χ1) is 14.8. The summed E-state index contributed by atoms with van der Waals surface area (Å²) in [6.45, 7) is 5.75. The maximum absolute atomic E-state index is 12.7. The molecule has 0 saturated carbocycles. The number of para-hydroxylation sites is 1. The molecular formula is C23H26N2O5S. The lowest BCUT2D eigenvalue weighted by Crippen LogP contribution is -2.30. The molecule has 0 spiro atoms. The van der Waals surface area contributed by atoms with Gasteiger partial charge in [-0.1, -0.05) is 45.0 Å². The Morgan fingerprint density at radius 3 is 2.42 bits per heavy atom. The molecule has 0 aliphatic rings. The molecule has 0 aliphatic carbocycles. The number of aromatic nitrogens is 1. The highest BCUT2D eigenvalue weighted by Gasteiger charge is 2.23. The number of aromatic amines is 1. The lowest BCUT2D eigenvalue weighted by Gasteiger charge is -2.18. The zero-order valence-corrected chi connectivity index (χ0v) is 18.7. The van der Waals surface area contributed by atoms with E-state index in [0.717, 1.165) is 22.9 Å². The fraction of sp³-hybridized carbons (Fsp3) is 0.304. The molecule has 1 aromatic heterocycles. The van der Waals surface area contributed by atoms with Gasteiger partial charge in [0.15, 0.2) is 6.61 Å². The van der Waals surface area contributed by atoms with Crippen LogP contribution in [0.15, 0.2) is 53.6 Å². The van der Waals surface area contributed by atoms with Gasteiger partial charge in [0.2, 0.25) is 15.8 Å². The number of ketones is 1. The standard InChI is InChI=1S/C23H26N2O5S/c1-4-16-9-8-12-19-20(14-24-22(16)19)21(26)15-30-23(27)17-10-7-11-18(13-17)31(28,29)25(5-2)6-3/h7-14,24H,4-6,15H2,1-3H3. The average molecular weight is 443 g/mol. The molecule has 2 aromatic carbocycles. The molecule has 0 amide bonds. The van der Waals surface area contributed by atoms with E-state index in [4.69, 9.17) is 4.74 Å². The molecule has 8 heteroatoms. The van der Waals surface area contributed by atoms with Gasteiger partial charge >= 0.3 is 5.97 Å². The molecule has 1 heterocycles. The van der Waals surface area contributed by atoms with Crippen LogP contribution in [0.2, 0.25) is 0 Å². The van der Waals surface area contributed by atoms with Crippen LogP contribution < -0.4 is 0 Å². The van der Waals surface area contributed by atoms with Crippen LogP contribution in [-0.4, -0.2) is 49.2 Å². The van der Waals surface area contributed by atoms with Gasteiger partial charge in [0.25, 0.3) is 0 Å². The van der Waals surface area contributed by atoms with Crippen LogP contribution in [-0.2, 0) is 21.2 Å². The summed E-state index contributed by atoms with van der Waals surface area (Å²) in [5, 5.41) is 0.785. The maximum Gasteiger partial charge on any atom is 0.338 e. The summed E-state index contributed by atoms with van der Waals surface area (Å²) in [5.41, 5.74) is 2.53. The number of nitrogens with one attached hydrogen (secondary N) is 1. The summed E-state index contributed by atoms with van der Waals surface area (Å²) in [6, 6.07) is 11.4. The van der Waals surface area contributed by atoms with E-state index in [9.17, 15) is 18.0 Å². The zero-order valence-electron chi connectivity index (χ0n) is 17.8. The van der Waals surface area contributed by atoms with Crippen LogP contribution in [0.5, 0.6) is 0 Å². The van der Waals surface area contributed by atoms with Crippen LogP contribution in [0, 0.1) is 0 Å². The Bertz CT molecular complexity index is 1210. The van der Waals surface area contributed by atoms with Crippen molar-refractivity contribution in [2.24, 2.45) is 0 Å². The Kier molecular flexibility index (Phi) is 6.92. The second kappa shape index (κ2) is 9.45. The number of ether oxygens (including phenoxy) is 1. The van der Waals surface area contributed by atoms with Gasteiger partial charge in [-0.2, -0.15) is 4.31 Å². The topological polar surface area (TPSA) is 96.5 Å². The van der Waals surface area contributed by atoms with Crippen molar-refractivity contribution in [1.29, 1.82) is 0 Å². The van der Waals surface area contributed by atoms with Crippen molar-refractivity contribution >= 4 is 32.7 Å². The van der Waals surface area contributed by atoms with E-state index in [2.05, 4.69) is 4.98 Å². The summed E-state index contributed by atoms with van der Waals surface area (Å²) < 4.78 is 31.9. The highest BCUT2D eigenvalue weighted by Crippen LogP contribution is 2.23. The largest absolute Gasteiger partial charge is 0.454 e. The lowest BCUT2D eigenvalue weighted by atomic mass is 10.1. The Morgan fingerprint density at radius 1 is 1.03 bits per heavy atom. The van der Waals surface area contributed by atoms with Crippen molar-refractivity contribution in [3.05, 3.63) is 65.4 Å². The van der Waals surface area contributed by atoms with Crippen LogP contribution in [0.4, 0.5) is 0 Å². The van der Waals surface area contributed by atoms with Gasteiger partial charge in [-0.05, 0) is 30.2 Å². The smallest absolute Gasteiger partial charge is 0.338 e. The minimum absolute atomic E-state index is 0.0145. The van der Waals surface area contributed by atoms with Crippen molar-refractivity contribution in [2.75, 3.05) is 19.7 Å². The third kappa shape index (κ3) is 4.55. The summed E-state index contributed by atoms with van der Waals surface area (Å²) >= 11 is 0. The number of sulfonamides is 1. The molecule has 0 unspecified atom stereocenters. The molecular weight excluding hydrogens is 416 g/mol. The Hall–Kier alpha value is -2.97. The number of fused-ring (bicyclic) bond motifs is 1. The quantitative estimate of drug-likeness (QED) is 0.402. The van der Waals surface area contributed by atoms with Crippen LogP contribution >= 0.6 is 0 Å². The molecule has 3 aromatic rings. The molecule has 0 saturated heterocycles. The molecule has 0 bridgehead atoms. The number of rotatable bonds is 9. The van der Waals surface area contributed by atoms with E-state index < -0.39 is 22.6 Å². The van der Waals surface area contributed by atoms with Crippen molar-refractivity contribution < 1.29 is 22.7 Å². The van der Waals surface area contributed by atoms with E-state index in [1.165, 1.54) is 28.6 Å². The summed E-state index contributed by atoms with van der Waals surface area (Å²) in [4.78, 5) is 28.3. The lowest BCUT2D eigenvalue weighted by molar-refractivity contribution is 0.0475. The highest BCUT2D eigenvalue weighted by molar-refractivity contribution is 7.89. The molecule has 1 N–H and O–H groups in total. The van der Waals surface area contributed by atoms with Crippen molar-refractivity contribution in [3.63, 3.8) is 0 Å². The number of benzene rings is 2. The molecule has 31 heavy (non-hydrogen) atoms. The van der Waals surface area contributed by atoms with E-state index >= 15 is 0 Å². The molecule has 0 radical (unpaired) electrons. The fourth-order valence-corrected chi connectivity index (χ4v) is 5.04. The molecule has 0 atom stereocenters. The second-order valence-corrected chi connectivity index (χ2v) is 8.95. The molecule has 0 fully saturated rings. The Labute approximate surface area is 182 Å². The van der Waals surface area contributed by atoms with Gasteiger partial charge in [-0.25, -0.2) is 13.2 Å². The third-order valence-corrected chi connectivity index (χ3v) is 7.28. The van der Waals surface area contributed by atoms with Crippen LogP contribution in [0.1, 0.15) is 47.1 Å². The molecule has 3 rings (SSSR count). The van der Waals surface area contributed by atoms with Crippen LogP contribution in [0.3, 0.4) is 0 Å². The maximum atomic E-state index is 12.7. The van der Waals surface area contributed by atoms with Crippen molar-refractivity contribution in [1.82, 2.24) is 9.29 Å². The van der Waals surface area contributed by atoms with Crippen molar-refractivity contribution in [2.45, 2.75) is 32.1 Å². The zero-order chi connectivity index (χ0) is 22.6. The third-order valence-electron chi connectivity index (χ3n) is 5.23. The van der Waals surface area contributed by atoms with Gasteiger partial charge in [-0.3, -0.25) is 4.79 Å². The predicted octanol–water partition coefficient (Wildman–Crippen LogP) is 3.80. The molecule has 7 nitrogen and oxygen atoms in total. The van der Waals surface area contributed by atoms with Gasteiger partial charge in [-0.15, -0.1) is 0 Å². The second-order valence-electron chi connectivity index (χ2n) is 7.01. The Balaban J connectivity index is 1.75. The predicted molar refractivity (Wildman–Crippen MR) is 119 cm³/mol. The first-order valence-electron chi connectivity index (χ1n) is 10.2.